The minimum atomic E-state index is -1.19. The molecule has 0 spiro atoms. The molecule has 0 aromatic carbocycles. The molecule has 0 aromatic heterocycles. The Morgan fingerprint density at radius 1 is 2.00 bits per heavy atom. The zero-order chi connectivity index (χ0) is 9.90. The molecule has 0 aromatic rings. The average Bonchev–Trinajstić information content (AvgIpc) is 2.45. The zero-order valence-electron chi connectivity index (χ0n) is 7.10. The first-order valence-corrected chi connectivity index (χ1v) is 3.71. The van der Waals surface area contributed by atoms with Crippen molar-refractivity contribution in [3.05, 3.63) is 22.3 Å². The second kappa shape index (κ2) is 3.37. The van der Waals surface area contributed by atoms with Crippen LogP contribution in [0.4, 0.5) is 0 Å². The van der Waals surface area contributed by atoms with Crippen molar-refractivity contribution in [1.82, 2.24) is 0 Å². The lowest BCUT2D eigenvalue weighted by Gasteiger charge is -2.19. The topological polar surface area (TPSA) is 95.3 Å². The molecule has 70 valence electrons. The SMILES string of the molecule is CC1(C(=O)O)CC=C(CN=[N+]=[N-])O1. The van der Waals surface area contributed by atoms with Gasteiger partial charge >= 0.3 is 5.97 Å². The van der Waals surface area contributed by atoms with E-state index in [9.17, 15) is 4.79 Å². The maximum atomic E-state index is 10.7. The van der Waals surface area contributed by atoms with Gasteiger partial charge in [-0.25, -0.2) is 4.79 Å². The van der Waals surface area contributed by atoms with Gasteiger partial charge in [-0.15, -0.1) is 0 Å². The third-order valence-corrected chi connectivity index (χ3v) is 1.82. The van der Waals surface area contributed by atoms with E-state index >= 15 is 0 Å². The van der Waals surface area contributed by atoms with E-state index in [1.807, 2.05) is 0 Å². The number of nitrogens with zero attached hydrogens (tertiary/aromatic N) is 3. The maximum absolute atomic E-state index is 10.7. The van der Waals surface area contributed by atoms with Crippen LogP contribution in [0.3, 0.4) is 0 Å². The van der Waals surface area contributed by atoms with Gasteiger partial charge in [0.2, 0.25) is 5.60 Å². The Kier molecular flexibility index (Phi) is 2.44. The van der Waals surface area contributed by atoms with E-state index in [0.717, 1.165) is 0 Å². The summed E-state index contributed by atoms with van der Waals surface area (Å²) < 4.78 is 5.11. The van der Waals surface area contributed by atoms with Gasteiger partial charge in [0.05, 0.1) is 12.3 Å². The molecule has 0 saturated carbocycles. The van der Waals surface area contributed by atoms with Crippen LogP contribution in [0, 0.1) is 0 Å². The Balaban J connectivity index is 2.60. The third-order valence-electron chi connectivity index (χ3n) is 1.82. The zero-order valence-corrected chi connectivity index (χ0v) is 7.10. The number of hydrogen-bond acceptors (Lipinski definition) is 3. The van der Waals surface area contributed by atoms with Crippen molar-refractivity contribution in [1.29, 1.82) is 0 Å². The summed E-state index contributed by atoms with van der Waals surface area (Å²) in [6, 6.07) is 0. The van der Waals surface area contributed by atoms with Gasteiger partial charge in [0.25, 0.3) is 0 Å². The maximum Gasteiger partial charge on any atom is 0.348 e. The van der Waals surface area contributed by atoms with Crippen LogP contribution >= 0.6 is 0 Å². The standard InChI is InChI=1S/C7H9N3O3/c1-7(6(11)12)3-2-5(13-7)4-9-10-8/h2H,3-4H2,1H3,(H,11,12). The normalized spacial score (nSPS) is 25.8. The molecule has 0 amide bonds. The molecule has 1 heterocycles. The molecule has 1 N–H and O–H groups in total. The van der Waals surface area contributed by atoms with E-state index in [-0.39, 0.29) is 6.54 Å². The number of ether oxygens (including phenoxy) is 1. The summed E-state index contributed by atoms with van der Waals surface area (Å²) in [7, 11) is 0. The van der Waals surface area contributed by atoms with Crippen LogP contribution in [-0.2, 0) is 9.53 Å². The molecule has 1 aliphatic rings. The summed E-state index contributed by atoms with van der Waals surface area (Å²) in [5, 5.41) is 12.0. The molecule has 1 rings (SSSR count). The van der Waals surface area contributed by atoms with Crippen LogP contribution in [0.1, 0.15) is 13.3 Å². The van der Waals surface area contributed by atoms with Crippen molar-refractivity contribution >= 4 is 5.97 Å². The molecule has 1 unspecified atom stereocenters. The van der Waals surface area contributed by atoms with E-state index in [0.29, 0.717) is 12.2 Å². The van der Waals surface area contributed by atoms with Crippen molar-refractivity contribution in [2.45, 2.75) is 18.9 Å². The number of rotatable bonds is 3. The quantitative estimate of drug-likeness (QED) is 0.407. The summed E-state index contributed by atoms with van der Waals surface area (Å²) in [5.74, 6) is -0.595. The van der Waals surface area contributed by atoms with Crippen LogP contribution < -0.4 is 0 Å². The average molecular weight is 183 g/mol. The molecule has 6 heteroatoms. The smallest absolute Gasteiger partial charge is 0.348 e. The van der Waals surface area contributed by atoms with Crippen LogP contribution in [0.25, 0.3) is 10.4 Å². The lowest BCUT2D eigenvalue weighted by atomic mass is 10.1. The fraction of sp³-hybridized carbons (Fsp3) is 0.571. The third kappa shape index (κ3) is 1.91. The van der Waals surface area contributed by atoms with Gasteiger partial charge in [-0.05, 0) is 18.5 Å². The Morgan fingerprint density at radius 3 is 3.15 bits per heavy atom. The fourth-order valence-corrected chi connectivity index (χ4v) is 1.01. The van der Waals surface area contributed by atoms with Crippen LogP contribution in [0.2, 0.25) is 0 Å². The number of aliphatic carboxylic acids is 1. The molecule has 0 aliphatic carbocycles. The van der Waals surface area contributed by atoms with Gasteiger partial charge in [-0.2, -0.15) is 0 Å². The first-order chi connectivity index (χ1) is 6.08. The lowest BCUT2D eigenvalue weighted by molar-refractivity contribution is -0.156. The number of carboxylic acids is 1. The van der Waals surface area contributed by atoms with Crippen LogP contribution in [0.15, 0.2) is 16.9 Å². The van der Waals surface area contributed by atoms with Crippen LogP contribution in [0.5, 0.6) is 0 Å². The molecule has 1 atom stereocenters. The number of azide groups is 1. The first-order valence-electron chi connectivity index (χ1n) is 3.71. The Hall–Kier alpha value is -1.68. The van der Waals surface area contributed by atoms with Crippen molar-refractivity contribution < 1.29 is 14.6 Å². The van der Waals surface area contributed by atoms with Crippen molar-refractivity contribution in [3.63, 3.8) is 0 Å². The molecule has 6 nitrogen and oxygen atoms in total. The largest absolute Gasteiger partial charge is 0.480 e. The van der Waals surface area contributed by atoms with Crippen molar-refractivity contribution in [2.24, 2.45) is 5.11 Å². The molecule has 0 fully saturated rings. The second-order valence-electron chi connectivity index (χ2n) is 2.90. The van der Waals surface area contributed by atoms with E-state index in [2.05, 4.69) is 10.0 Å². The summed E-state index contributed by atoms with van der Waals surface area (Å²) in [5.41, 5.74) is 6.83. The van der Waals surface area contributed by atoms with E-state index in [1.165, 1.54) is 6.92 Å². The monoisotopic (exact) mass is 183 g/mol. The highest BCUT2D eigenvalue weighted by atomic mass is 16.5. The minimum Gasteiger partial charge on any atom is -0.480 e. The van der Waals surface area contributed by atoms with Gasteiger partial charge in [0.1, 0.15) is 0 Å². The first kappa shape index (κ1) is 9.41. The van der Waals surface area contributed by atoms with Gasteiger partial charge in [-0.1, -0.05) is 5.11 Å². The number of carbonyl (C=O) groups is 1. The van der Waals surface area contributed by atoms with E-state index < -0.39 is 11.6 Å². The van der Waals surface area contributed by atoms with Gasteiger partial charge in [0.15, 0.2) is 0 Å². The highest BCUT2D eigenvalue weighted by molar-refractivity contribution is 5.78. The highest BCUT2D eigenvalue weighted by Crippen LogP contribution is 2.28. The minimum absolute atomic E-state index is 0.0688. The Labute approximate surface area is 74.4 Å². The molecule has 0 radical (unpaired) electrons. The van der Waals surface area contributed by atoms with Gasteiger partial charge in [0, 0.05) is 11.3 Å². The predicted octanol–water partition coefficient (Wildman–Crippen LogP) is 1.44. The molecular formula is C7H9N3O3. The summed E-state index contributed by atoms with van der Waals surface area (Å²) in [4.78, 5) is 13.2. The Morgan fingerprint density at radius 2 is 2.69 bits per heavy atom. The second-order valence-corrected chi connectivity index (χ2v) is 2.90. The highest BCUT2D eigenvalue weighted by Gasteiger charge is 2.38. The van der Waals surface area contributed by atoms with Crippen LogP contribution in [-0.4, -0.2) is 23.2 Å². The van der Waals surface area contributed by atoms with Gasteiger partial charge in [-0.3, -0.25) is 0 Å². The summed E-state index contributed by atoms with van der Waals surface area (Å²) >= 11 is 0. The van der Waals surface area contributed by atoms with Crippen molar-refractivity contribution in [2.75, 3.05) is 6.54 Å². The molecule has 0 bridgehead atoms. The summed E-state index contributed by atoms with van der Waals surface area (Å²) in [6.07, 6.45) is 1.93. The molecular weight excluding hydrogens is 174 g/mol. The van der Waals surface area contributed by atoms with E-state index in [4.69, 9.17) is 15.4 Å². The van der Waals surface area contributed by atoms with Crippen molar-refractivity contribution in [3.8, 4) is 0 Å². The van der Waals surface area contributed by atoms with E-state index in [1.54, 1.807) is 6.08 Å². The lowest BCUT2D eigenvalue weighted by Crippen LogP contribution is -2.34. The Bertz CT molecular complexity index is 306. The molecule has 13 heavy (non-hydrogen) atoms. The predicted molar refractivity (Wildman–Crippen MR) is 43.8 cm³/mol. The summed E-state index contributed by atoms with van der Waals surface area (Å²) in [6.45, 7) is 1.55. The number of carboxylic acid groups (broad SMARTS) is 1. The molecule has 0 saturated heterocycles. The number of hydrogen-bond donors (Lipinski definition) is 1. The van der Waals surface area contributed by atoms with Gasteiger partial charge < -0.3 is 9.84 Å². The fourth-order valence-electron chi connectivity index (χ4n) is 1.01. The molecule has 1 aliphatic heterocycles.